The first-order chi connectivity index (χ1) is 17.5. The number of rotatable bonds is 10. The zero-order valence-electron chi connectivity index (χ0n) is 19.9. The second-order valence-corrected chi connectivity index (χ2v) is 9.15. The molecule has 0 N–H and O–H groups in total. The maximum Gasteiger partial charge on any atom is 0.248 e. The van der Waals surface area contributed by atoms with Crippen molar-refractivity contribution in [3.8, 4) is 0 Å². The van der Waals surface area contributed by atoms with Crippen LogP contribution in [0.2, 0.25) is 5.02 Å². The molecular weight excluding hydrogens is 486 g/mol. The molecule has 0 saturated carbocycles. The minimum Gasteiger partial charge on any atom is -0.367 e. The molecule has 1 atom stereocenters. The van der Waals surface area contributed by atoms with Crippen LogP contribution in [0.15, 0.2) is 72.8 Å². The van der Waals surface area contributed by atoms with Gasteiger partial charge >= 0.3 is 0 Å². The van der Waals surface area contributed by atoms with Gasteiger partial charge in [-0.05, 0) is 35.4 Å². The van der Waals surface area contributed by atoms with Gasteiger partial charge in [-0.25, -0.2) is 8.78 Å². The number of halogens is 3. The molecule has 1 aliphatic heterocycles. The number of carbonyl (C=O) groups excluding carboxylic acids is 1. The van der Waals surface area contributed by atoms with Crippen molar-refractivity contribution in [3.63, 3.8) is 0 Å². The Bertz CT molecular complexity index is 1100. The summed E-state index contributed by atoms with van der Waals surface area (Å²) in [6.07, 6.45) is -0.419. The Morgan fingerprint density at radius 3 is 2.19 bits per heavy atom. The van der Waals surface area contributed by atoms with Crippen LogP contribution in [0.5, 0.6) is 0 Å². The molecule has 1 heterocycles. The number of carbonyl (C=O) groups is 1. The molecule has 3 aromatic rings. The van der Waals surface area contributed by atoms with Crippen molar-refractivity contribution in [2.24, 2.45) is 0 Å². The van der Waals surface area contributed by atoms with E-state index in [0.717, 1.165) is 11.1 Å². The lowest BCUT2D eigenvalue weighted by Gasteiger charge is -2.36. The van der Waals surface area contributed by atoms with E-state index >= 15 is 0 Å². The first kappa shape index (κ1) is 26.2. The van der Waals surface area contributed by atoms with Crippen molar-refractivity contribution < 1.29 is 23.0 Å². The lowest BCUT2D eigenvalue weighted by molar-refractivity contribution is -0.138. The van der Waals surface area contributed by atoms with Crippen LogP contribution in [0.4, 0.5) is 8.78 Å². The predicted molar refractivity (Wildman–Crippen MR) is 134 cm³/mol. The highest BCUT2D eigenvalue weighted by Crippen LogP contribution is 2.24. The van der Waals surface area contributed by atoms with E-state index in [-0.39, 0.29) is 24.7 Å². The number of piperazine rings is 1. The fourth-order valence-electron chi connectivity index (χ4n) is 4.12. The molecule has 0 unspecified atom stereocenters. The molecule has 5 nitrogen and oxygen atoms in total. The van der Waals surface area contributed by atoms with Crippen molar-refractivity contribution in [2.75, 3.05) is 39.3 Å². The predicted octanol–water partition coefficient (Wildman–Crippen LogP) is 5.24. The van der Waals surface area contributed by atoms with Crippen LogP contribution in [0, 0.1) is 11.6 Å². The smallest absolute Gasteiger partial charge is 0.248 e. The van der Waals surface area contributed by atoms with E-state index in [1.54, 1.807) is 17.0 Å². The average molecular weight is 515 g/mol. The van der Waals surface area contributed by atoms with Gasteiger partial charge in [0.15, 0.2) is 0 Å². The van der Waals surface area contributed by atoms with E-state index in [9.17, 15) is 13.6 Å². The lowest BCUT2D eigenvalue weighted by Crippen LogP contribution is -2.50. The summed E-state index contributed by atoms with van der Waals surface area (Å²) in [6, 6.07) is 20.8. The van der Waals surface area contributed by atoms with Gasteiger partial charge < -0.3 is 14.4 Å². The largest absolute Gasteiger partial charge is 0.367 e. The maximum absolute atomic E-state index is 14.1. The summed E-state index contributed by atoms with van der Waals surface area (Å²) in [6.45, 7) is 3.23. The quantitative estimate of drug-likeness (QED) is 0.371. The van der Waals surface area contributed by atoms with Gasteiger partial charge in [-0.15, -0.1) is 0 Å². The Hall–Kier alpha value is -2.84. The molecule has 4 rings (SSSR count). The number of hydrogen-bond acceptors (Lipinski definition) is 4. The maximum atomic E-state index is 14.1. The molecule has 0 aliphatic carbocycles. The molecule has 1 amide bonds. The summed E-state index contributed by atoms with van der Waals surface area (Å²) in [7, 11) is 0. The Morgan fingerprint density at radius 1 is 0.861 bits per heavy atom. The van der Waals surface area contributed by atoms with Gasteiger partial charge in [0.2, 0.25) is 5.91 Å². The fraction of sp³-hybridized carbons (Fsp3) is 0.321. The summed E-state index contributed by atoms with van der Waals surface area (Å²) in [4.78, 5) is 16.6. The molecule has 1 fully saturated rings. The minimum absolute atomic E-state index is 0.0360. The van der Waals surface area contributed by atoms with Crippen LogP contribution in [-0.2, 0) is 27.5 Å². The van der Waals surface area contributed by atoms with Gasteiger partial charge in [-0.2, -0.15) is 0 Å². The van der Waals surface area contributed by atoms with E-state index in [2.05, 4.69) is 4.90 Å². The molecule has 1 aliphatic rings. The number of benzene rings is 3. The van der Waals surface area contributed by atoms with Crippen molar-refractivity contribution in [3.05, 3.63) is 106 Å². The molecular formula is C28H29ClF2N2O3. The normalized spacial score (nSPS) is 15.1. The van der Waals surface area contributed by atoms with Crippen molar-refractivity contribution >= 4 is 17.5 Å². The Balaban J connectivity index is 1.30. The summed E-state index contributed by atoms with van der Waals surface area (Å²) in [5.74, 6) is -1.30. The first-order valence-corrected chi connectivity index (χ1v) is 12.3. The zero-order valence-corrected chi connectivity index (χ0v) is 20.7. The summed E-state index contributed by atoms with van der Waals surface area (Å²) in [5.41, 5.74) is 1.80. The van der Waals surface area contributed by atoms with Gasteiger partial charge in [0.25, 0.3) is 0 Å². The third-order valence-corrected chi connectivity index (χ3v) is 6.47. The van der Waals surface area contributed by atoms with E-state index in [4.69, 9.17) is 21.1 Å². The molecule has 0 radical (unpaired) electrons. The lowest BCUT2D eigenvalue weighted by atomic mass is 10.1. The molecule has 3 aromatic carbocycles. The van der Waals surface area contributed by atoms with Crippen LogP contribution in [0.25, 0.3) is 0 Å². The minimum atomic E-state index is -0.633. The summed E-state index contributed by atoms with van der Waals surface area (Å²) < 4.78 is 39.9. The van der Waals surface area contributed by atoms with Gasteiger partial charge in [0, 0.05) is 43.3 Å². The second-order valence-electron chi connectivity index (χ2n) is 8.71. The fourth-order valence-corrected chi connectivity index (χ4v) is 4.25. The molecule has 0 spiro atoms. The van der Waals surface area contributed by atoms with Gasteiger partial charge in [0.05, 0.1) is 19.3 Å². The van der Waals surface area contributed by atoms with E-state index in [0.29, 0.717) is 44.4 Å². The highest BCUT2D eigenvalue weighted by atomic mass is 35.5. The number of hydrogen-bond donors (Lipinski definition) is 0. The van der Waals surface area contributed by atoms with Crippen LogP contribution in [-0.4, -0.2) is 55.0 Å². The van der Waals surface area contributed by atoms with E-state index < -0.39 is 17.7 Å². The van der Waals surface area contributed by atoms with Crippen molar-refractivity contribution in [1.29, 1.82) is 0 Å². The zero-order chi connectivity index (χ0) is 25.3. The third-order valence-electron chi connectivity index (χ3n) is 6.22. The number of nitrogens with zero attached hydrogens (tertiary/aromatic N) is 2. The average Bonchev–Trinajstić information content (AvgIpc) is 2.89. The number of ether oxygens (including phenoxy) is 2. The van der Waals surface area contributed by atoms with Crippen molar-refractivity contribution in [2.45, 2.75) is 19.3 Å². The molecule has 8 heteroatoms. The highest BCUT2D eigenvalue weighted by molar-refractivity contribution is 6.30. The van der Waals surface area contributed by atoms with Crippen LogP contribution in [0.3, 0.4) is 0 Å². The standard InChI is InChI=1S/C28H29ClF2N2O3/c29-23-11-9-22(10-12-23)27(36-19-24-25(30)7-4-8-26(24)31)17-32-13-15-33(16-14-32)28(34)20-35-18-21-5-2-1-3-6-21/h1-12,27H,13-20H2/t27-/m0/s1. The molecule has 36 heavy (non-hydrogen) atoms. The van der Waals surface area contributed by atoms with E-state index in [1.807, 2.05) is 42.5 Å². The Kier molecular flexibility index (Phi) is 9.41. The third kappa shape index (κ3) is 7.34. The van der Waals surface area contributed by atoms with Gasteiger partial charge in [-0.1, -0.05) is 60.1 Å². The molecule has 0 bridgehead atoms. The van der Waals surface area contributed by atoms with Crippen LogP contribution in [0.1, 0.15) is 22.8 Å². The van der Waals surface area contributed by atoms with Crippen molar-refractivity contribution in [1.82, 2.24) is 9.80 Å². The first-order valence-electron chi connectivity index (χ1n) is 11.9. The Labute approximate surface area is 215 Å². The SMILES string of the molecule is O=C(COCc1ccccc1)N1CCN(C[C@H](OCc2c(F)cccc2F)c2ccc(Cl)cc2)CC1. The molecule has 0 aromatic heterocycles. The van der Waals surface area contributed by atoms with Gasteiger partial charge in [-0.3, -0.25) is 9.69 Å². The highest BCUT2D eigenvalue weighted by Gasteiger charge is 2.25. The summed E-state index contributed by atoms with van der Waals surface area (Å²) >= 11 is 6.04. The second kappa shape index (κ2) is 12.9. The topological polar surface area (TPSA) is 42.0 Å². The molecule has 1 saturated heterocycles. The number of amides is 1. The van der Waals surface area contributed by atoms with E-state index in [1.165, 1.54) is 18.2 Å². The Morgan fingerprint density at radius 2 is 1.53 bits per heavy atom. The molecule has 190 valence electrons. The van der Waals surface area contributed by atoms with Gasteiger partial charge in [0.1, 0.15) is 18.2 Å². The van der Waals surface area contributed by atoms with Crippen LogP contribution < -0.4 is 0 Å². The monoisotopic (exact) mass is 514 g/mol. The summed E-state index contributed by atoms with van der Waals surface area (Å²) in [5, 5.41) is 0.597. The van der Waals surface area contributed by atoms with Crippen LogP contribution >= 0.6 is 11.6 Å².